The number of nitrogens with one attached hydrogen (secondary N) is 2. The van der Waals surface area contributed by atoms with Gasteiger partial charge in [-0.15, -0.1) is 0 Å². The third kappa shape index (κ3) is 3.46. The van der Waals surface area contributed by atoms with Gasteiger partial charge in [-0.05, 0) is 24.5 Å². The Hall–Kier alpha value is -1.66. The molecule has 0 fully saturated rings. The largest absolute Gasteiger partial charge is 0.332 e. The lowest BCUT2D eigenvalue weighted by atomic mass is 10.1. The summed E-state index contributed by atoms with van der Waals surface area (Å²) in [6, 6.07) is 7.96. The zero-order chi connectivity index (χ0) is 14.6. The van der Waals surface area contributed by atoms with Gasteiger partial charge >= 0.3 is 0 Å². The maximum atomic E-state index is 12.1. The minimum absolute atomic E-state index is 0.124. The predicted molar refractivity (Wildman–Crippen MR) is 78.0 cm³/mol. The highest BCUT2D eigenvalue weighted by atomic mass is 32.2. The van der Waals surface area contributed by atoms with Crippen molar-refractivity contribution >= 4 is 10.0 Å². The first-order valence-corrected chi connectivity index (χ1v) is 8.09. The molecule has 0 saturated heterocycles. The summed E-state index contributed by atoms with van der Waals surface area (Å²) in [5.74, 6) is 0.671. The van der Waals surface area contributed by atoms with E-state index in [0.717, 1.165) is 5.56 Å². The molecule has 5 nitrogen and oxygen atoms in total. The lowest BCUT2D eigenvalue weighted by Gasteiger charge is -2.07. The van der Waals surface area contributed by atoms with Crippen molar-refractivity contribution in [3.05, 3.63) is 47.4 Å². The molecule has 0 radical (unpaired) electrons. The highest BCUT2D eigenvalue weighted by Crippen LogP contribution is 2.09. The van der Waals surface area contributed by atoms with Crippen molar-refractivity contribution in [2.45, 2.75) is 31.7 Å². The van der Waals surface area contributed by atoms with Crippen LogP contribution in [-0.4, -0.2) is 24.9 Å². The summed E-state index contributed by atoms with van der Waals surface area (Å²) in [6.45, 7) is 4.31. The standard InChI is InChI=1S/C14H19N3O2S/c1-3-13-15-10-14(17-13)20(18,19)16-9-8-12-7-5-4-6-11(12)2/h4-7,10,16H,3,8-9H2,1-2H3,(H,15,17). The van der Waals surface area contributed by atoms with Crippen LogP contribution in [0, 0.1) is 6.92 Å². The van der Waals surface area contributed by atoms with E-state index in [1.807, 2.05) is 38.1 Å². The minimum Gasteiger partial charge on any atom is -0.332 e. The number of hydrogen-bond acceptors (Lipinski definition) is 3. The van der Waals surface area contributed by atoms with Gasteiger partial charge in [0.2, 0.25) is 0 Å². The topological polar surface area (TPSA) is 74.8 Å². The lowest BCUT2D eigenvalue weighted by molar-refractivity contribution is 0.578. The number of nitrogens with zero attached hydrogens (tertiary/aromatic N) is 1. The molecular formula is C14H19N3O2S. The number of imidazole rings is 1. The Bertz CT molecular complexity index is 677. The summed E-state index contributed by atoms with van der Waals surface area (Å²) in [5.41, 5.74) is 2.32. The number of rotatable bonds is 6. The Balaban J connectivity index is 1.98. The third-order valence-corrected chi connectivity index (χ3v) is 4.55. The molecule has 0 atom stereocenters. The van der Waals surface area contributed by atoms with Crippen molar-refractivity contribution in [1.82, 2.24) is 14.7 Å². The Labute approximate surface area is 119 Å². The second kappa shape index (κ2) is 6.19. The average Bonchev–Trinajstić information content (AvgIpc) is 2.90. The molecule has 0 bridgehead atoms. The Morgan fingerprint density at radius 3 is 2.70 bits per heavy atom. The van der Waals surface area contributed by atoms with Crippen LogP contribution in [0.25, 0.3) is 0 Å². The zero-order valence-corrected chi connectivity index (χ0v) is 12.5. The minimum atomic E-state index is -3.50. The van der Waals surface area contributed by atoms with E-state index in [4.69, 9.17) is 0 Å². The van der Waals surface area contributed by atoms with Gasteiger partial charge < -0.3 is 4.98 Å². The van der Waals surface area contributed by atoms with Crippen LogP contribution in [0.3, 0.4) is 0 Å². The van der Waals surface area contributed by atoms with Crippen LogP contribution in [0.1, 0.15) is 23.9 Å². The molecule has 6 heteroatoms. The van der Waals surface area contributed by atoms with Gasteiger partial charge in [-0.3, -0.25) is 0 Å². The molecule has 0 aliphatic heterocycles. The molecule has 0 amide bonds. The average molecular weight is 293 g/mol. The second-order valence-electron chi connectivity index (χ2n) is 4.62. The summed E-state index contributed by atoms with van der Waals surface area (Å²) in [4.78, 5) is 6.81. The van der Waals surface area contributed by atoms with E-state index in [1.165, 1.54) is 11.8 Å². The smallest absolute Gasteiger partial charge is 0.257 e. The van der Waals surface area contributed by atoms with Crippen molar-refractivity contribution in [2.24, 2.45) is 0 Å². The predicted octanol–water partition coefficient (Wildman–Crippen LogP) is 1.80. The van der Waals surface area contributed by atoms with Gasteiger partial charge in [0.1, 0.15) is 5.82 Å². The van der Waals surface area contributed by atoms with Crippen LogP contribution in [0.4, 0.5) is 0 Å². The van der Waals surface area contributed by atoms with Gasteiger partial charge in [-0.2, -0.15) is 0 Å². The van der Waals surface area contributed by atoms with Gasteiger partial charge in [-0.1, -0.05) is 31.2 Å². The number of H-pyrrole nitrogens is 1. The third-order valence-electron chi connectivity index (χ3n) is 3.18. The SMILES string of the molecule is CCc1ncc(S(=O)(=O)NCCc2ccccc2C)[nH]1. The highest BCUT2D eigenvalue weighted by molar-refractivity contribution is 7.89. The number of aryl methyl sites for hydroxylation is 2. The second-order valence-corrected chi connectivity index (χ2v) is 6.36. The molecule has 0 aliphatic rings. The lowest BCUT2D eigenvalue weighted by Crippen LogP contribution is -2.26. The normalized spacial score (nSPS) is 11.7. The van der Waals surface area contributed by atoms with Gasteiger partial charge in [0.15, 0.2) is 5.03 Å². The van der Waals surface area contributed by atoms with Gasteiger partial charge in [0.25, 0.3) is 10.0 Å². The first kappa shape index (κ1) is 14.7. The van der Waals surface area contributed by atoms with Gasteiger partial charge in [-0.25, -0.2) is 18.1 Å². The van der Waals surface area contributed by atoms with Crippen LogP contribution < -0.4 is 4.72 Å². The van der Waals surface area contributed by atoms with Crippen LogP contribution >= 0.6 is 0 Å². The summed E-state index contributed by atoms with van der Waals surface area (Å²) in [6.07, 6.45) is 2.70. The number of sulfonamides is 1. The fourth-order valence-electron chi connectivity index (χ4n) is 1.95. The number of benzene rings is 1. The molecule has 108 valence electrons. The van der Waals surface area contributed by atoms with Crippen LogP contribution in [0.2, 0.25) is 0 Å². The van der Waals surface area contributed by atoms with Gasteiger partial charge in [0.05, 0.1) is 6.20 Å². The number of hydrogen-bond donors (Lipinski definition) is 2. The molecule has 2 rings (SSSR count). The molecule has 0 spiro atoms. The summed E-state index contributed by atoms with van der Waals surface area (Å²) in [5, 5.41) is 0.124. The zero-order valence-electron chi connectivity index (χ0n) is 11.7. The van der Waals surface area contributed by atoms with E-state index < -0.39 is 10.0 Å². The number of aromatic amines is 1. The summed E-state index contributed by atoms with van der Waals surface area (Å²) < 4.78 is 26.7. The highest BCUT2D eigenvalue weighted by Gasteiger charge is 2.16. The fraction of sp³-hybridized carbons (Fsp3) is 0.357. The van der Waals surface area contributed by atoms with Crippen molar-refractivity contribution in [2.75, 3.05) is 6.54 Å². The quantitative estimate of drug-likeness (QED) is 0.853. The van der Waals surface area contributed by atoms with Crippen molar-refractivity contribution in [3.8, 4) is 0 Å². The Morgan fingerprint density at radius 1 is 1.30 bits per heavy atom. The van der Waals surface area contributed by atoms with E-state index in [-0.39, 0.29) is 5.03 Å². The maximum absolute atomic E-state index is 12.1. The van der Waals surface area contributed by atoms with E-state index in [2.05, 4.69) is 14.7 Å². The van der Waals surface area contributed by atoms with E-state index >= 15 is 0 Å². The molecule has 0 aliphatic carbocycles. The molecule has 2 N–H and O–H groups in total. The molecule has 1 aromatic carbocycles. The van der Waals surface area contributed by atoms with Crippen molar-refractivity contribution < 1.29 is 8.42 Å². The first-order valence-electron chi connectivity index (χ1n) is 6.61. The van der Waals surface area contributed by atoms with E-state index in [9.17, 15) is 8.42 Å². The molecule has 1 aromatic heterocycles. The molecule has 0 unspecified atom stereocenters. The molecule has 1 heterocycles. The Morgan fingerprint density at radius 2 is 2.05 bits per heavy atom. The first-order chi connectivity index (χ1) is 9.53. The van der Waals surface area contributed by atoms with Crippen molar-refractivity contribution in [3.63, 3.8) is 0 Å². The maximum Gasteiger partial charge on any atom is 0.257 e. The molecule has 2 aromatic rings. The fourth-order valence-corrected chi connectivity index (χ4v) is 2.92. The molecule has 20 heavy (non-hydrogen) atoms. The van der Waals surface area contributed by atoms with Gasteiger partial charge in [0, 0.05) is 13.0 Å². The monoisotopic (exact) mass is 293 g/mol. The van der Waals surface area contributed by atoms with Crippen molar-refractivity contribution in [1.29, 1.82) is 0 Å². The van der Waals surface area contributed by atoms with E-state index in [0.29, 0.717) is 25.2 Å². The molecule has 0 saturated carbocycles. The summed E-state index contributed by atoms with van der Waals surface area (Å²) in [7, 11) is -3.50. The van der Waals surface area contributed by atoms with E-state index in [1.54, 1.807) is 0 Å². The van der Waals surface area contributed by atoms with Crippen LogP contribution in [-0.2, 0) is 22.9 Å². The van der Waals surface area contributed by atoms with Crippen LogP contribution in [0.5, 0.6) is 0 Å². The number of aromatic nitrogens is 2. The Kier molecular flexibility index (Phi) is 4.57. The van der Waals surface area contributed by atoms with Crippen LogP contribution in [0.15, 0.2) is 35.5 Å². The summed E-state index contributed by atoms with van der Waals surface area (Å²) >= 11 is 0. The molecular weight excluding hydrogens is 274 g/mol.